The monoisotopic (exact) mass is 474 g/mol. The summed E-state index contributed by atoms with van der Waals surface area (Å²) in [7, 11) is 3.11. The number of rotatable bonds is 3. The third kappa shape index (κ3) is 3.34. The van der Waals surface area contributed by atoms with E-state index in [0.29, 0.717) is 34.5 Å². The number of benzene rings is 2. The van der Waals surface area contributed by atoms with Crippen LogP contribution in [0, 0.1) is 17.0 Å². The van der Waals surface area contributed by atoms with Crippen LogP contribution in [-0.4, -0.2) is 25.2 Å². The lowest BCUT2D eigenvalue weighted by Gasteiger charge is -2.39. The summed E-state index contributed by atoms with van der Waals surface area (Å²) < 4.78 is 11.0. The Morgan fingerprint density at radius 1 is 1.06 bits per heavy atom. The predicted octanol–water partition coefficient (Wildman–Crippen LogP) is 3.78. The summed E-state index contributed by atoms with van der Waals surface area (Å²) in [6.45, 7) is 6.32. The summed E-state index contributed by atoms with van der Waals surface area (Å²) >= 11 is 0. The molecule has 180 valence electrons. The lowest BCUT2D eigenvalue weighted by molar-refractivity contribution is -0.385. The van der Waals surface area contributed by atoms with Crippen LogP contribution in [0.2, 0.25) is 0 Å². The standard InChI is InChI=1S/C26H26N4O5/c1-15-8-6-9-16(12-15)20-19-21(27(4)25(32)28(5)24(19)31)22-23(35-14-26(2,3)29(20)22)17-10-7-11-18(13-17)30(33)34/h6-13,23H,14H2,1-5H3. The SMILES string of the molecule is Cc1cccc(-c2c3c(=O)n(C)c(=O)n(C)c3c3n2C(C)(C)COC3c2cccc([N+](=O)[O-])c2)c1. The average molecular weight is 475 g/mol. The summed E-state index contributed by atoms with van der Waals surface area (Å²) in [5.74, 6) is 0. The maximum atomic E-state index is 13.6. The van der Waals surface area contributed by atoms with Crippen molar-refractivity contribution in [3.05, 3.63) is 96.3 Å². The first-order chi connectivity index (χ1) is 16.5. The summed E-state index contributed by atoms with van der Waals surface area (Å²) in [6.07, 6.45) is -0.707. The average Bonchev–Trinajstić information content (AvgIpc) is 3.19. The zero-order chi connectivity index (χ0) is 25.2. The molecule has 9 heteroatoms. The summed E-state index contributed by atoms with van der Waals surface area (Å²) in [6, 6.07) is 14.2. The van der Waals surface area contributed by atoms with Crippen molar-refractivity contribution in [2.45, 2.75) is 32.4 Å². The molecule has 0 radical (unpaired) electrons. The zero-order valence-corrected chi connectivity index (χ0v) is 20.2. The van der Waals surface area contributed by atoms with Gasteiger partial charge in [-0.15, -0.1) is 0 Å². The molecule has 2 aromatic heterocycles. The van der Waals surface area contributed by atoms with Crippen molar-refractivity contribution < 1.29 is 9.66 Å². The van der Waals surface area contributed by atoms with Crippen molar-refractivity contribution in [2.75, 3.05) is 6.61 Å². The van der Waals surface area contributed by atoms with E-state index in [2.05, 4.69) is 4.57 Å². The normalized spacial score (nSPS) is 16.9. The van der Waals surface area contributed by atoms with E-state index in [0.717, 1.165) is 15.7 Å². The van der Waals surface area contributed by atoms with Gasteiger partial charge in [0.05, 0.1) is 39.4 Å². The van der Waals surface area contributed by atoms with E-state index in [1.165, 1.54) is 23.7 Å². The Kier molecular flexibility index (Phi) is 5.06. The molecule has 35 heavy (non-hydrogen) atoms. The highest BCUT2D eigenvalue weighted by Gasteiger charge is 2.41. The van der Waals surface area contributed by atoms with Gasteiger partial charge in [0.25, 0.3) is 11.2 Å². The van der Waals surface area contributed by atoms with Gasteiger partial charge in [-0.3, -0.25) is 24.0 Å². The second-order valence-electron chi connectivity index (χ2n) is 9.72. The van der Waals surface area contributed by atoms with E-state index < -0.39 is 27.8 Å². The number of nitro benzene ring substituents is 1. The second-order valence-corrected chi connectivity index (χ2v) is 9.72. The van der Waals surface area contributed by atoms with Gasteiger partial charge in [0, 0.05) is 26.2 Å². The van der Waals surface area contributed by atoms with Gasteiger partial charge in [-0.25, -0.2) is 4.79 Å². The predicted molar refractivity (Wildman–Crippen MR) is 133 cm³/mol. The molecule has 0 N–H and O–H groups in total. The van der Waals surface area contributed by atoms with Gasteiger partial charge in [0.15, 0.2) is 0 Å². The Morgan fingerprint density at radius 2 is 1.77 bits per heavy atom. The minimum absolute atomic E-state index is 0.0537. The van der Waals surface area contributed by atoms with Crippen LogP contribution in [0.15, 0.2) is 58.1 Å². The molecule has 0 spiro atoms. The van der Waals surface area contributed by atoms with Crippen LogP contribution in [0.3, 0.4) is 0 Å². The smallest absolute Gasteiger partial charge is 0.331 e. The quantitative estimate of drug-likeness (QED) is 0.332. The number of non-ortho nitro benzene ring substituents is 1. The van der Waals surface area contributed by atoms with E-state index in [1.807, 2.05) is 45.0 Å². The van der Waals surface area contributed by atoms with Crippen molar-refractivity contribution in [1.29, 1.82) is 0 Å². The van der Waals surface area contributed by atoms with Gasteiger partial charge in [0.2, 0.25) is 0 Å². The molecule has 0 fully saturated rings. The van der Waals surface area contributed by atoms with Gasteiger partial charge in [-0.1, -0.05) is 35.9 Å². The van der Waals surface area contributed by atoms with Gasteiger partial charge >= 0.3 is 5.69 Å². The van der Waals surface area contributed by atoms with Crippen LogP contribution < -0.4 is 11.2 Å². The van der Waals surface area contributed by atoms with E-state index >= 15 is 0 Å². The molecule has 1 aliphatic heterocycles. The van der Waals surface area contributed by atoms with Gasteiger partial charge < -0.3 is 9.30 Å². The fourth-order valence-electron chi connectivity index (χ4n) is 5.12. The Hall–Kier alpha value is -3.98. The van der Waals surface area contributed by atoms with Crippen molar-refractivity contribution in [1.82, 2.24) is 13.7 Å². The lowest BCUT2D eigenvalue weighted by Crippen LogP contribution is -2.40. The molecule has 3 heterocycles. The number of nitro groups is 1. The Morgan fingerprint density at radius 3 is 2.46 bits per heavy atom. The molecule has 1 aliphatic rings. The molecule has 0 saturated heterocycles. The van der Waals surface area contributed by atoms with Crippen molar-refractivity contribution >= 4 is 16.6 Å². The molecule has 0 aliphatic carbocycles. The van der Waals surface area contributed by atoms with E-state index in [-0.39, 0.29) is 5.69 Å². The van der Waals surface area contributed by atoms with Crippen LogP contribution in [0.4, 0.5) is 5.69 Å². The Balaban J connectivity index is 1.99. The molecule has 2 aromatic carbocycles. The number of aromatic nitrogens is 3. The number of aryl methyl sites for hydroxylation is 2. The summed E-state index contributed by atoms with van der Waals surface area (Å²) in [5, 5.41) is 11.9. The molecule has 5 rings (SSSR count). The van der Waals surface area contributed by atoms with Gasteiger partial charge in [-0.05, 0) is 38.0 Å². The minimum Gasteiger partial charge on any atom is -0.365 e. The highest BCUT2D eigenvalue weighted by atomic mass is 16.6. The fourth-order valence-corrected chi connectivity index (χ4v) is 5.12. The molecule has 0 saturated carbocycles. The topological polar surface area (TPSA) is 101 Å². The van der Waals surface area contributed by atoms with Gasteiger partial charge in [-0.2, -0.15) is 0 Å². The summed E-state index contributed by atoms with van der Waals surface area (Å²) in [4.78, 5) is 37.6. The first-order valence-electron chi connectivity index (χ1n) is 11.3. The first-order valence-corrected chi connectivity index (χ1v) is 11.3. The zero-order valence-electron chi connectivity index (χ0n) is 20.2. The van der Waals surface area contributed by atoms with Crippen molar-refractivity contribution in [2.24, 2.45) is 14.1 Å². The molecule has 4 aromatic rings. The minimum atomic E-state index is -0.707. The molecule has 1 atom stereocenters. The van der Waals surface area contributed by atoms with E-state index in [1.54, 1.807) is 19.2 Å². The van der Waals surface area contributed by atoms with Crippen LogP contribution in [0.25, 0.3) is 22.2 Å². The largest absolute Gasteiger partial charge is 0.365 e. The number of fused-ring (bicyclic) bond motifs is 3. The maximum absolute atomic E-state index is 13.6. The van der Waals surface area contributed by atoms with Gasteiger partial charge in [0.1, 0.15) is 6.10 Å². The van der Waals surface area contributed by atoms with E-state index in [4.69, 9.17) is 4.74 Å². The molecular weight excluding hydrogens is 448 g/mol. The number of ether oxygens (including phenoxy) is 1. The molecule has 0 amide bonds. The maximum Gasteiger partial charge on any atom is 0.331 e. The molecular formula is C26H26N4O5. The van der Waals surface area contributed by atoms with Crippen LogP contribution in [0.1, 0.15) is 36.8 Å². The third-order valence-corrected chi connectivity index (χ3v) is 6.74. The van der Waals surface area contributed by atoms with Crippen LogP contribution in [0.5, 0.6) is 0 Å². The van der Waals surface area contributed by atoms with Crippen LogP contribution in [-0.2, 0) is 24.4 Å². The molecule has 1 unspecified atom stereocenters. The highest BCUT2D eigenvalue weighted by Crippen LogP contribution is 2.45. The third-order valence-electron chi connectivity index (χ3n) is 6.74. The van der Waals surface area contributed by atoms with E-state index in [9.17, 15) is 19.7 Å². The first kappa shape index (κ1) is 22.8. The Bertz CT molecular complexity index is 1640. The van der Waals surface area contributed by atoms with Crippen molar-refractivity contribution in [3.63, 3.8) is 0 Å². The highest BCUT2D eigenvalue weighted by molar-refractivity contribution is 5.97. The van der Waals surface area contributed by atoms with Crippen molar-refractivity contribution in [3.8, 4) is 11.3 Å². The number of hydrogen-bond donors (Lipinski definition) is 0. The number of nitrogens with zero attached hydrogens (tertiary/aromatic N) is 4. The second kappa shape index (κ2) is 7.78. The fraction of sp³-hybridized carbons (Fsp3) is 0.308. The summed E-state index contributed by atoms with van der Waals surface area (Å²) in [5.41, 5.74) is 2.82. The molecule has 0 bridgehead atoms. The Labute approximate surface area is 201 Å². The van der Waals surface area contributed by atoms with Crippen LogP contribution >= 0.6 is 0 Å². The lowest BCUT2D eigenvalue weighted by atomic mass is 9.97. The molecule has 9 nitrogen and oxygen atoms in total. The number of hydrogen-bond acceptors (Lipinski definition) is 5.